The van der Waals surface area contributed by atoms with E-state index in [4.69, 9.17) is 56.8 Å². The minimum atomic E-state index is -0.486. The van der Waals surface area contributed by atoms with Crippen LogP contribution in [0.2, 0.25) is 0 Å². The normalized spacial score (nSPS) is 39.9. The highest BCUT2D eigenvalue weighted by molar-refractivity contribution is 5.83. The molecule has 5 saturated heterocycles. The van der Waals surface area contributed by atoms with E-state index in [1.165, 1.54) is 0 Å². The number of carbonyl (C=O) groups excluding carboxylic acids is 10. The molecule has 0 aromatic rings. The first kappa shape index (κ1) is 77.7. The van der Waals surface area contributed by atoms with Crippen molar-refractivity contribution in [3.63, 3.8) is 0 Å². The van der Waals surface area contributed by atoms with Gasteiger partial charge in [-0.2, -0.15) is 0 Å². The van der Waals surface area contributed by atoms with Crippen molar-refractivity contribution in [3.05, 3.63) is 0 Å². The van der Waals surface area contributed by atoms with Crippen LogP contribution in [0.4, 0.5) is 0 Å². The molecule has 0 N–H and O–H groups in total. The molecular formula is C80H120O22. The van der Waals surface area contributed by atoms with Gasteiger partial charge < -0.3 is 56.8 Å². The second-order valence-electron chi connectivity index (χ2n) is 36.2. The van der Waals surface area contributed by atoms with Crippen LogP contribution >= 0.6 is 0 Å². The summed E-state index contributed by atoms with van der Waals surface area (Å²) in [6.45, 7) is 34.2. The average Bonchev–Trinajstić information content (AvgIpc) is 1.59. The Morgan fingerprint density at radius 1 is 0.392 bits per heavy atom. The lowest BCUT2D eigenvalue weighted by Gasteiger charge is -2.36. The number of carbonyl (C=O) groups is 10. The first-order valence-corrected chi connectivity index (χ1v) is 39.1. The van der Waals surface area contributed by atoms with Gasteiger partial charge in [0.2, 0.25) is 0 Å². The van der Waals surface area contributed by atoms with Crippen molar-refractivity contribution in [2.75, 3.05) is 46.8 Å². The van der Waals surface area contributed by atoms with Gasteiger partial charge in [-0.05, 0) is 209 Å². The Morgan fingerprint density at radius 3 is 1.24 bits per heavy atom. The van der Waals surface area contributed by atoms with Crippen molar-refractivity contribution < 1.29 is 105 Å². The van der Waals surface area contributed by atoms with E-state index in [-0.39, 0.29) is 178 Å². The quantitative estimate of drug-likeness (QED) is 0.0910. The third-order valence-corrected chi connectivity index (χ3v) is 29.0. The van der Waals surface area contributed by atoms with Gasteiger partial charge in [-0.25, -0.2) is 0 Å². The van der Waals surface area contributed by atoms with Crippen molar-refractivity contribution in [2.24, 2.45) is 133 Å². The predicted octanol–water partition coefficient (Wildman–Crippen LogP) is 11.5. The SMILES string of the molecule is CCC(C)(C)C(=O)OC1C2CC(C1OC)C1C(=O)OCC21.CCC(C)(C)C(=O)OC1CC2CC1C1(CCOC1=O)C2.CCC(C)(C)C(=O)OC1CC2CC1C1C(=O)OCC21.CCC(C)(C)C(=O)OC1CC2CC1CC21CCOC1=O.CCOC1C2CC(C3COC(=O)C32)C1OC(=O)C(C)(C)CC. The predicted molar refractivity (Wildman–Crippen MR) is 367 cm³/mol. The highest BCUT2D eigenvalue weighted by Crippen LogP contribution is 2.64. The summed E-state index contributed by atoms with van der Waals surface area (Å²) in [7, 11) is 1.63. The van der Waals surface area contributed by atoms with Crippen LogP contribution in [-0.4, -0.2) is 149 Å². The first-order chi connectivity index (χ1) is 48.0. The van der Waals surface area contributed by atoms with Crippen molar-refractivity contribution in [2.45, 2.75) is 263 Å². The molecule has 102 heavy (non-hydrogen) atoms. The number of esters is 10. The van der Waals surface area contributed by atoms with Crippen LogP contribution in [0.25, 0.3) is 0 Å². The molecular weight excluding hydrogens is 1310 g/mol. The Bertz CT molecular complexity index is 3180. The molecule has 5 aliphatic heterocycles. The van der Waals surface area contributed by atoms with Crippen LogP contribution in [0.15, 0.2) is 0 Å². The third-order valence-electron chi connectivity index (χ3n) is 29.0. The lowest BCUT2D eigenvalue weighted by atomic mass is 9.71. The van der Waals surface area contributed by atoms with Gasteiger partial charge in [0, 0.05) is 67.0 Å². The van der Waals surface area contributed by atoms with Crippen LogP contribution in [-0.2, 0) is 105 Å². The van der Waals surface area contributed by atoms with Gasteiger partial charge in [-0.15, -0.1) is 0 Å². The topological polar surface area (TPSA) is 281 Å². The van der Waals surface area contributed by atoms with Crippen LogP contribution < -0.4 is 0 Å². The second-order valence-corrected chi connectivity index (χ2v) is 36.2. The zero-order chi connectivity index (χ0) is 74.3. The molecule has 10 saturated carbocycles. The van der Waals surface area contributed by atoms with Crippen molar-refractivity contribution >= 4 is 59.7 Å². The van der Waals surface area contributed by atoms with E-state index in [2.05, 4.69) is 0 Å². The number of methoxy groups -OCH3 is 1. The van der Waals surface area contributed by atoms with E-state index < -0.39 is 27.1 Å². The Kier molecular flexibility index (Phi) is 22.4. The lowest BCUT2D eigenvalue weighted by molar-refractivity contribution is -0.176. The first-order valence-electron chi connectivity index (χ1n) is 39.1. The maximum atomic E-state index is 12.5. The zero-order valence-electron chi connectivity index (χ0n) is 64.0. The largest absolute Gasteiger partial charge is 0.465 e. The van der Waals surface area contributed by atoms with Crippen molar-refractivity contribution in [1.82, 2.24) is 0 Å². The molecule has 10 bridgehead atoms. The third kappa shape index (κ3) is 14.0. The second kappa shape index (κ2) is 29.4. The highest BCUT2D eigenvalue weighted by Gasteiger charge is 2.69. The molecule has 5 heterocycles. The molecule has 0 aromatic carbocycles. The van der Waals surface area contributed by atoms with E-state index in [0.717, 1.165) is 109 Å². The molecule has 0 amide bonds. The molecule has 25 atom stereocenters. The van der Waals surface area contributed by atoms with E-state index in [0.29, 0.717) is 69.2 Å². The molecule has 22 heteroatoms. The molecule has 2 spiro atoms. The fraction of sp³-hybridized carbons (Fsp3) is 0.875. The molecule has 0 aromatic heterocycles. The smallest absolute Gasteiger partial charge is 0.312 e. The van der Waals surface area contributed by atoms with E-state index >= 15 is 0 Å². The molecule has 15 rings (SSSR count). The van der Waals surface area contributed by atoms with Crippen LogP contribution in [0.5, 0.6) is 0 Å². The Morgan fingerprint density at radius 2 is 0.814 bits per heavy atom. The minimum Gasteiger partial charge on any atom is -0.465 e. The molecule has 15 fully saturated rings. The summed E-state index contributed by atoms with van der Waals surface area (Å²) in [5.41, 5.74) is -2.84. The lowest BCUT2D eigenvalue weighted by Crippen LogP contribution is -2.47. The van der Waals surface area contributed by atoms with Crippen LogP contribution in [0.3, 0.4) is 0 Å². The summed E-state index contributed by atoms with van der Waals surface area (Å²) in [6, 6.07) is 0. The fourth-order valence-electron chi connectivity index (χ4n) is 20.6. The molecule has 15 aliphatic rings. The van der Waals surface area contributed by atoms with Gasteiger partial charge in [0.25, 0.3) is 0 Å². The number of rotatable bonds is 18. The van der Waals surface area contributed by atoms with Crippen molar-refractivity contribution in [1.29, 1.82) is 0 Å². The monoisotopic (exact) mass is 1430 g/mol. The summed E-state index contributed by atoms with van der Waals surface area (Å²) in [4.78, 5) is 121. The van der Waals surface area contributed by atoms with Gasteiger partial charge in [0.05, 0.1) is 101 Å². The maximum absolute atomic E-state index is 12.5. The molecule has 572 valence electrons. The Labute approximate surface area is 603 Å². The minimum absolute atomic E-state index is 0.0105. The number of cyclic esters (lactones) is 5. The summed E-state index contributed by atoms with van der Waals surface area (Å²) >= 11 is 0. The molecule has 0 radical (unpaired) electrons. The zero-order valence-corrected chi connectivity index (χ0v) is 64.0. The van der Waals surface area contributed by atoms with Gasteiger partial charge >= 0.3 is 59.7 Å². The molecule has 10 aliphatic carbocycles. The number of hydrogen-bond acceptors (Lipinski definition) is 22. The standard InChI is InChI=1S/C17H26O5.C16H24O5.2C16H24O4.C15H22O4/c1-5-17(3,4)16(19)22-14-9-7-10(13(14)20-6-2)12-11(9)8-21-15(12)18;1-5-16(2,3)15(18)21-13-8-6-9(12(13)19-4)11-10(8)7-20-14(11)17;1-4-15(2,3)13(17)20-12-8-11-7-10(12)9-16(11)5-6-19-14(16)18;1-4-15(2,3)13(17)20-12-8-10-7-11(12)16(9-10)5-6-19-14(16)18;1-4-15(2,3)14(17)19-11-6-8-5-9(11)12-10(8)7-18-13(12)16/h9-14H,5-8H2,1-4H3;8-13H,5-7H2,1-4H3;2*10-12H,4-9H2,1-3H3;8-12H,4-7H2,1-3H3. The summed E-state index contributed by atoms with van der Waals surface area (Å²) in [5, 5.41) is 0. The summed E-state index contributed by atoms with van der Waals surface area (Å²) in [5.74, 6) is 2.33. The van der Waals surface area contributed by atoms with Gasteiger partial charge in [-0.1, -0.05) is 34.6 Å². The van der Waals surface area contributed by atoms with Crippen LogP contribution in [0.1, 0.15) is 220 Å². The van der Waals surface area contributed by atoms with Crippen molar-refractivity contribution in [3.8, 4) is 0 Å². The van der Waals surface area contributed by atoms with E-state index in [1.54, 1.807) is 7.11 Å². The molecule has 22 nitrogen and oxygen atoms in total. The van der Waals surface area contributed by atoms with Crippen LogP contribution in [0, 0.1) is 133 Å². The van der Waals surface area contributed by atoms with E-state index in [9.17, 15) is 47.9 Å². The number of fused-ring (bicyclic) bond motifs is 21. The van der Waals surface area contributed by atoms with E-state index in [1.807, 2.05) is 111 Å². The van der Waals surface area contributed by atoms with Gasteiger partial charge in [0.15, 0.2) is 0 Å². The Hall–Kier alpha value is -5.38. The average molecular weight is 1430 g/mol. The fourth-order valence-corrected chi connectivity index (χ4v) is 20.6. The van der Waals surface area contributed by atoms with Gasteiger partial charge in [0.1, 0.15) is 30.5 Å². The van der Waals surface area contributed by atoms with Gasteiger partial charge in [-0.3, -0.25) is 47.9 Å². The number of ether oxygens (including phenoxy) is 12. The highest BCUT2D eigenvalue weighted by atomic mass is 16.6. The number of hydrogen-bond donors (Lipinski definition) is 0. The molecule has 25 unspecified atom stereocenters. The Balaban J connectivity index is 0.000000128. The summed E-state index contributed by atoms with van der Waals surface area (Å²) in [6.07, 6.45) is 13.8. The summed E-state index contributed by atoms with van der Waals surface area (Å²) < 4.78 is 66.4. The maximum Gasteiger partial charge on any atom is 0.312 e.